The summed E-state index contributed by atoms with van der Waals surface area (Å²) in [6.07, 6.45) is 8.36. The highest BCUT2D eigenvalue weighted by Crippen LogP contribution is 2.29. The normalized spacial score (nSPS) is 20.6. The number of carbonyl (C=O) groups excluding carboxylic acids is 2. The summed E-state index contributed by atoms with van der Waals surface area (Å²) in [5, 5.41) is 16.6. The second-order valence-corrected chi connectivity index (χ2v) is 16.3. The number of aryl methyl sites for hydroxylation is 1. The van der Waals surface area contributed by atoms with Crippen LogP contribution in [0.15, 0.2) is 53.6 Å². The molecule has 2 aromatic heterocycles. The minimum absolute atomic E-state index is 0.136. The van der Waals surface area contributed by atoms with Gasteiger partial charge in [0.25, 0.3) is 11.5 Å². The SMILES string of the molecule is Cc1nn(C2CCC(=O)NC2=O)c(=O)c2cc(N3CCN(CC4CCN(CCN5CCC(COc6cnc(-c7cccc(C#N)c7)nc6)CC5)CC4)CC3)c(F)cc12. The molecule has 304 valence electrons. The molecule has 15 heteroatoms. The van der Waals surface area contributed by atoms with Crippen LogP contribution in [0.5, 0.6) is 5.75 Å². The van der Waals surface area contributed by atoms with Crippen molar-refractivity contribution in [3.05, 3.63) is 76.2 Å². The molecule has 0 radical (unpaired) electrons. The van der Waals surface area contributed by atoms with Gasteiger partial charge < -0.3 is 19.4 Å². The van der Waals surface area contributed by atoms with Gasteiger partial charge in [-0.25, -0.2) is 19.0 Å². The number of likely N-dealkylation sites (tertiary alicyclic amines) is 2. The van der Waals surface area contributed by atoms with E-state index >= 15 is 4.39 Å². The van der Waals surface area contributed by atoms with Crippen LogP contribution in [0, 0.1) is 35.9 Å². The standard InChI is InChI=1S/C43H51FN10O4/c1-29-35-22-37(44)39(23-36(35)43(57)54(49-29)38-5-6-40(55)48-42(38)56)53-19-17-52(18-20-53)27-30-7-11-50(12-8-30)15-16-51-13-9-31(10-14-51)28-58-34-25-46-41(47-26-34)33-4-2-3-32(21-33)24-45/h2-4,21-23,25-26,30-31,38H,5-20,27-28H2,1H3,(H,48,55,56). The van der Waals surface area contributed by atoms with Crippen molar-refractivity contribution in [1.82, 2.24) is 39.8 Å². The van der Waals surface area contributed by atoms with E-state index in [4.69, 9.17) is 10.00 Å². The molecule has 2 aromatic carbocycles. The lowest BCUT2D eigenvalue weighted by Crippen LogP contribution is -2.49. The number of piperazine rings is 1. The van der Waals surface area contributed by atoms with Gasteiger partial charge in [-0.1, -0.05) is 12.1 Å². The van der Waals surface area contributed by atoms with Crippen LogP contribution in [0.1, 0.15) is 55.8 Å². The van der Waals surface area contributed by atoms with E-state index in [2.05, 4.69) is 41.2 Å². The van der Waals surface area contributed by atoms with Crippen molar-refractivity contribution in [3.63, 3.8) is 0 Å². The zero-order chi connectivity index (χ0) is 40.2. The summed E-state index contributed by atoms with van der Waals surface area (Å²) in [6.45, 7) is 13.0. The Labute approximate surface area is 337 Å². The van der Waals surface area contributed by atoms with Crippen molar-refractivity contribution in [2.24, 2.45) is 11.8 Å². The number of carbonyl (C=O) groups is 2. The number of fused-ring (bicyclic) bond motifs is 1. The highest BCUT2D eigenvalue weighted by molar-refractivity contribution is 5.99. The molecule has 4 saturated heterocycles. The van der Waals surface area contributed by atoms with E-state index in [1.54, 1.807) is 37.5 Å². The molecule has 1 N–H and O–H groups in total. The molecular formula is C43H51FN10O4. The number of imide groups is 1. The van der Waals surface area contributed by atoms with Crippen LogP contribution in [0.4, 0.5) is 10.1 Å². The Bertz CT molecular complexity index is 2220. The zero-order valence-electron chi connectivity index (χ0n) is 33.1. The van der Waals surface area contributed by atoms with E-state index in [1.165, 1.54) is 18.9 Å². The van der Waals surface area contributed by atoms with Gasteiger partial charge >= 0.3 is 0 Å². The van der Waals surface area contributed by atoms with Crippen molar-refractivity contribution < 1.29 is 18.7 Å². The van der Waals surface area contributed by atoms with Crippen molar-refractivity contribution >= 4 is 28.3 Å². The van der Waals surface area contributed by atoms with Crippen LogP contribution in [0.3, 0.4) is 0 Å². The first kappa shape index (κ1) is 39.5. The molecule has 4 aliphatic heterocycles. The molecule has 58 heavy (non-hydrogen) atoms. The number of anilines is 1. The first-order valence-corrected chi connectivity index (χ1v) is 20.6. The maximum absolute atomic E-state index is 15.5. The molecule has 1 unspecified atom stereocenters. The lowest BCUT2D eigenvalue weighted by Gasteiger charge is -2.40. The average Bonchev–Trinajstić information content (AvgIpc) is 3.25. The number of hydrogen-bond acceptors (Lipinski definition) is 12. The zero-order valence-corrected chi connectivity index (χ0v) is 33.1. The van der Waals surface area contributed by atoms with Crippen LogP contribution in [0.25, 0.3) is 22.2 Å². The summed E-state index contributed by atoms with van der Waals surface area (Å²) in [5.41, 5.74) is 1.80. The molecule has 4 aromatic rings. The fourth-order valence-corrected chi connectivity index (χ4v) is 8.86. The number of ether oxygens (including phenoxy) is 1. The topological polar surface area (TPSA) is 153 Å². The summed E-state index contributed by atoms with van der Waals surface area (Å²) in [5.74, 6) is 1.12. The number of rotatable bonds is 11. The maximum Gasteiger partial charge on any atom is 0.275 e. The summed E-state index contributed by atoms with van der Waals surface area (Å²) >= 11 is 0. The van der Waals surface area contributed by atoms with Gasteiger partial charge in [-0.3, -0.25) is 24.6 Å². The molecule has 0 bridgehead atoms. The lowest BCUT2D eigenvalue weighted by molar-refractivity contribution is -0.136. The van der Waals surface area contributed by atoms with Gasteiger partial charge in [0.2, 0.25) is 5.91 Å². The Morgan fingerprint density at radius 3 is 2.21 bits per heavy atom. The van der Waals surface area contributed by atoms with Gasteiger partial charge in [0.05, 0.1) is 47.4 Å². The molecule has 2 amide bonds. The molecule has 4 fully saturated rings. The molecule has 8 rings (SSSR count). The maximum atomic E-state index is 15.5. The third kappa shape index (κ3) is 9.04. The summed E-state index contributed by atoms with van der Waals surface area (Å²) < 4.78 is 22.7. The van der Waals surface area contributed by atoms with Gasteiger partial charge in [-0.05, 0) is 101 Å². The van der Waals surface area contributed by atoms with Gasteiger partial charge in [0.1, 0.15) is 11.9 Å². The Kier molecular flexibility index (Phi) is 12.0. The van der Waals surface area contributed by atoms with E-state index in [0.717, 1.165) is 82.0 Å². The van der Waals surface area contributed by atoms with Crippen molar-refractivity contribution in [1.29, 1.82) is 5.26 Å². The highest BCUT2D eigenvalue weighted by Gasteiger charge is 2.31. The van der Waals surface area contributed by atoms with E-state index in [9.17, 15) is 14.4 Å². The smallest absolute Gasteiger partial charge is 0.275 e. The third-order valence-corrected chi connectivity index (χ3v) is 12.4. The van der Waals surface area contributed by atoms with Crippen molar-refractivity contribution in [2.45, 2.75) is 51.5 Å². The van der Waals surface area contributed by atoms with Gasteiger partial charge in [-0.2, -0.15) is 10.4 Å². The number of nitriles is 1. The predicted molar refractivity (Wildman–Crippen MR) is 217 cm³/mol. The highest BCUT2D eigenvalue weighted by atomic mass is 19.1. The lowest BCUT2D eigenvalue weighted by atomic mass is 9.95. The number of amides is 2. The fraction of sp³-hybridized carbons (Fsp3) is 0.512. The molecule has 0 saturated carbocycles. The fourth-order valence-electron chi connectivity index (χ4n) is 8.86. The minimum atomic E-state index is -0.872. The number of nitrogens with zero attached hydrogens (tertiary/aromatic N) is 9. The largest absolute Gasteiger partial charge is 0.490 e. The number of aromatic nitrogens is 4. The Hall–Kier alpha value is -5.30. The van der Waals surface area contributed by atoms with E-state index in [-0.39, 0.29) is 24.6 Å². The molecule has 4 aliphatic rings. The number of hydrogen-bond donors (Lipinski definition) is 1. The monoisotopic (exact) mass is 790 g/mol. The molecule has 1 atom stereocenters. The quantitative estimate of drug-likeness (QED) is 0.220. The average molecular weight is 791 g/mol. The Morgan fingerprint density at radius 1 is 0.845 bits per heavy atom. The summed E-state index contributed by atoms with van der Waals surface area (Å²) in [4.78, 5) is 56.4. The number of benzene rings is 2. The van der Waals surface area contributed by atoms with Crippen LogP contribution >= 0.6 is 0 Å². The number of piperidine rings is 3. The number of halogens is 1. The van der Waals surface area contributed by atoms with Crippen LogP contribution in [-0.4, -0.2) is 125 Å². The summed E-state index contributed by atoms with van der Waals surface area (Å²) in [7, 11) is 0. The molecule has 0 spiro atoms. The third-order valence-electron chi connectivity index (χ3n) is 12.4. The second-order valence-electron chi connectivity index (χ2n) is 16.3. The van der Waals surface area contributed by atoms with Crippen LogP contribution in [0.2, 0.25) is 0 Å². The molecule has 14 nitrogen and oxygen atoms in total. The van der Waals surface area contributed by atoms with E-state index in [0.29, 0.717) is 70.8 Å². The van der Waals surface area contributed by atoms with Crippen molar-refractivity contribution in [3.8, 4) is 23.2 Å². The van der Waals surface area contributed by atoms with Crippen LogP contribution < -0.4 is 20.5 Å². The van der Waals surface area contributed by atoms with Crippen molar-refractivity contribution in [2.75, 3.05) is 83.5 Å². The first-order chi connectivity index (χ1) is 28.2. The van der Waals surface area contributed by atoms with E-state index < -0.39 is 17.5 Å². The molecular weight excluding hydrogens is 740 g/mol. The molecule has 0 aliphatic carbocycles. The van der Waals surface area contributed by atoms with Gasteiger partial charge in [0, 0.05) is 63.2 Å². The number of nitrogens with one attached hydrogen (secondary N) is 1. The Morgan fingerprint density at radius 2 is 1.53 bits per heavy atom. The predicted octanol–water partition coefficient (Wildman–Crippen LogP) is 3.78. The second kappa shape index (κ2) is 17.7. The van der Waals surface area contributed by atoms with Gasteiger partial charge in [-0.15, -0.1) is 0 Å². The minimum Gasteiger partial charge on any atom is -0.490 e. The van der Waals surface area contributed by atoms with Gasteiger partial charge in [0.15, 0.2) is 11.6 Å². The summed E-state index contributed by atoms with van der Waals surface area (Å²) in [6, 6.07) is 11.6. The Balaban J connectivity index is 0.739. The first-order valence-electron chi connectivity index (χ1n) is 20.6. The van der Waals surface area contributed by atoms with E-state index in [1.807, 2.05) is 17.0 Å². The van der Waals surface area contributed by atoms with Crippen LogP contribution in [-0.2, 0) is 9.59 Å². The molecule has 6 heterocycles.